The summed E-state index contributed by atoms with van der Waals surface area (Å²) in [6, 6.07) is 30.3. The Morgan fingerprint density at radius 2 is 1.49 bits per heavy atom. The minimum Gasteiger partial charge on any atom is -0.481 e. The number of carbonyl (C=O) groups is 2. The zero-order valence-corrected chi connectivity index (χ0v) is 19.6. The standard InChI is InChI=1S/C31H29NO3/c33-30(34)19-21-9-11-22(12-10-21)23-13-15-24(16-14-23)25-17-18-28-26(20-25)5-4-8-29(28)31(35)32-27-6-2-1-3-7-27/h1-8,13-18,20-22H,9-12,19H2,(H,32,35)(H,33,34)/t21-,22-. The molecule has 1 aliphatic carbocycles. The van der Waals surface area contributed by atoms with Crippen LogP contribution >= 0.6 is 0 Å². The molecule has 2 N–H and O–H groups in total. The van der Waals surface area contributed by atoms with Crippen LogP contribution in [-0.2, 0) is 4.79 Å². The Labute approximate surface area is 205 Å². The van der Waals surface area contributed by atoms with Gasteiger partial charge in [-0.05, 0) is 89.2 Å². The lowest BCUT2D eigenvalue weighted by atomic mass is 9.77. The van der Waals surface area contributed by atoms with E-state index in [-0.39, 0.29) is 5.91 Å². The molecule has 1 aliphatic rings. The molecular formula is C31H29NO3. The van der Waals surface area contributed by atoms with Crippen LogP contribution in [-0.4, -0.2) is 17.0 Å². The number of rotatable bonds is 6. The van der Waals surface area contributed by atoms with E-state index in [2.05, 4.69) is 41.7 Å². The van der Waals surface area contributed by atoms with Gasteiger partial charge in [0.05, 0.1) is 0 Å². The fourth-order valence-corrected chi connectivity index (χ4v) is 5.28. The molecule has 4 nitrogen and oxygen atoms in total. The lowest BCUT2D eigenvalue weighted by Gasteiger charge is -2.28. The molecule has 4 aromatic rings. The van der Waals surface area contributed by atoms with E-state index in [9.17, 15) is 9.59 Å². The number of carboxylic acids is 1. The third kappa shape index (κ3) is 5.27. The fraction of sp³-hybridized carbons (Fsp3) is 0.226. The Hall–Kier alpha value is -3.92. The average Bonchev–Trinajstić information content (AvgIpc) is 2.89. The van der Waals surface area contributed by atoms with Crippen molar-refractivity contribution in [3.05, 3.63) is 102 Å². The summed E-state index contributed by atoms with van der Waals surface area (Å²) in [5, 5.41) is 14.0. The van der Waals surface area contributed by atoms with Gasteiger partial charge in [-0.25, -0.2) is 0 Å². The number of benzene rings is 4. The maximum absolute atomic E-state index is 12.9. The van der Waals surface area contributed by atoms with Gasteiger partial charge >= 0.3 is 5.97 Å². The van der Waals surface area contributed by atoms with E-state index < -0.39 is 5.97 Å². The summed E-state index contributed by atoms with van der Waals surface area (Å²) in [4.78, 5) is 23.9. The first-order valence-electron chi connectivity index (χ1n) is 12.3. The highest BCUT2D eigenvalue weighted by Gasteiger charge is 2.24. The number of carbonyl (C=O) groups excluding carboxylic acids is 1. The van der Waals surface area contributed by atoms with Crippen molar-refractivity contribution < 1.29 is 14.7 Å². The van der Waals surface area contributed by atoms with Crippen molar-refractivity contribution >= 4 is 28.3 Å². The van der Waals surface area contributed by atoms with Gasteiger partial charge in [-0.2, -0.15) is 0 Å². The molecule has 0 radical (unpaired) electrons. The topological polar surface area (TPSA) is 66.4 Å². The van der Waals surface area contributed by atoms with Gasteiger partial charge in [0.2, 0.25) is 0 Å². The molecule has 0 aliphatic heterocycles. The first-order valence-corrected chi connectivity index (χ1v) is 12.3. The fourth-order valence-electron chi connectivity index (χ4n) is 5.28. The van der Waals surface area contributed by atoms with Gasteiger partial charge in [0.15, 0.2) is 0 Å². The number of hydrogen-bond donors (Lipinski definition) is 2. The highest BCUT2D eigenvalue weighted by atomic mass is 16.4. The first-order chi connectivity index (χ1) is 17.1. The molecule has 0 saturated heterocycles. The van der Waals surface area contributed by atoms with Gasteiger partial charge in [0.1, 0.15) is 0 Å². The van der Waals surface area contributed by atoms with Crippen LogP contribution in [0.25, 0.3) is 21.9 Å². The van der Waals surface area contributed by atoms with E-state index in [0.717, 1.165) is 53.3 Å². The van der Waals surface area contributed by atoms with Crippen molar-refractivity contribution in [2.75, 3.05) is 5.32 Å². The molecule has 176 valence electrons. The second kappa shape index (κ2) is 10.1. The quantitative estimate of drug-likeness (QED) is 0.311. The first kappa shape index (κ1) is 22.9. The van der Waals surface area contributed by atoms with Crippen LogP contribution in [0.3, 0.4) is 0 Å². The maximum atomic E-state index is 12.9. The number of aliphatic carboxylic acids is 1. The Kier molecular flexibility index (Phi) is 6.62. The molecule has 0 aromatic heterocycles. The molecule has 1 saturated carbocycles. The van der Waals surface area contributed by atoms with Crippen LogP contribution in [0, 0.1) is 5.92 Å². The smallest absolute Gasteiger partial charge is 0.303 e. The molecule has 5 rings (SSSR count). The molecule has 0 spiro atoms. The number of nitrogens with one attached hydrogen (secondary N) is 1. The third-order valence-electron chi connectivity index (χ3n) is 7.18. The Morgan fingerprint density at radius 3 is 2.20 bits per heavy atom. The van der Waals surface area contributed by atoms with Gasteiger partial charge in [0, 0.05) is 17.7 Å². The summed E-state index contributed by atoms with van der Waals surface area (Å²) in [5.41, 5.74) is 5.04. The number of carboxylic acid groups (broad SMARTS) is 1. The maximum Gasteiger partial charge on any atom is 0.303 e. The molecule has 1 amide bonds. The van der Waals surface area contributed by atoms with E-state index >= 15 is 0 Å². The molecule has 0 unspecified atom stereocenters. The van der Waals surface area contributed by atoms with Crippen LogP contribution in [0.1, 0.15) is 53.9 Å². The van der Waals surface area contributed by atoms with Crippen LogP contribution < -0.4 is 5.32 Å². The highest BCUT2D eigenvalue weighted by Crippen LogP contribution is 2.38. The van der Waals surface area contributed by atoms with Crippen molar-refractivity contribution in [1.82, 2.24) is 0 Å². The molecule has 35 heavy (non-hydrogen) atoms. The minimum absolute atomic E-state index is 0.114. The summed E-state index contributed by atoms with van der Waals surface area (Å²) < 4.78 is 0. The second-order valence-electron chi connectivity index (χ2n) is 9.50. The number of hydrogen-bond acceptors (Lipinski definition) is 2. The van der Waals surface area contributed by atoms with Crippen LogP contribution in [0.2, 0.25) is 0 Å². The zero-order chi connectivity index (χ0) is 24.2. The number of anilines is 1. The number of amides is 1. The average molecular weight is 464 g/mol. The zero-order valence-electron chi connectivity index (χ0n) is 19.6. The SMILES string of the molecule is O=C(O)C[C@H]1CC[C@H](c2ccc(-c3ccc4c(C(=O)Nc5ccccc5)cccc4c3)cc2)CC1. The van der Waals surface area contributed by atoms with Gasteiger partial charge < -0.3 is 10.4 Å². The van der Waals surface area contributed by atoms with E-state index in [1.807, 2.05) is 54.6 Å². The van der Waals surface area contributed by atoms with Crippen molar-refractivity contribution in [3.63, 3.8) is 0 Å². The van der Waals surface area contributed by atoms with Crippen molar-refractivity contribution in [3.8, 4) is 11.1 Å². The van der Waals surface area contributed by atoms with Gasteiger partial charge in [-0.3, -0.25) is 9.59 Å². The molecule has 4 heteroatoms. The Balaban J connectivity index is 1.31. The second-order valence-corrected chi connectivity index (χ2v) is 9.50. The summed E-state index contributed by atoms with van der Waals surface area (Å²) in [6.45, 7) is 0. The summed E-state index contributed by atoms with van der Waals surface area (Å²) in [7, 11) is 0. The van der Waals surface area contributed by atoms with E-state index in [0.29, 0.717) is 23.8 Å². The minimum atomic E-state index is -0.683. The molecule has 0 heterocycles. The Morgan fingerprint density at radius 1 is 0.771 bits per heavy atom. The molecular weight excluding hydrogens is 434 g/mol. The van der Waals surface area contributed by atoms with Crippen LogP contribution in [0.4, 0.5) is 5.69 Å². The molecule has 4 aromatic carbocycles. The summed E-state index contributed by atoms with van der Waals surface area (Å²) >= 11 is 0. The predicted octanol–water partition coefficient (Wildman–Crippen LogP) is 7.51. The molecule has 1 fully saturated rings. The lowest BCUT2D eigenvalue weighted by molar-refractivity contribution is -0.138. The van der Waals surface area contributed by atoms with Crippen LogP contribution in [0.15, 0.2) is 91.0 Å². The monoisotopic (exact) mass is 463 g/mol. The third-order valence-corrected chi connectivity index (χ3v) is 7.18. The van der Waals surface area contributed by atoms with Gasteiger partial charge in [-0.1, -0.05) is 66.7 Å². The number of para-hydroxylation sites is 1. The van der Waals surface area contributed by atoms with Crippen molar-refractivity contribution in [1.29, 1.82) is 0 Å². The van der Waals surface area contributed by atoms with Crippen LogP contribution in [0.5, 0.6) is 0 Å². The molecule has 0 bridgehead atoms. The molecule has 0 atom stereocenters. The largest absolute Gasteiger partial charge is 0.481 e. The number of fused-ring (bicyclic) bond motifs is 1. The van der Waals surface area contributed by atoms with E-state index in [1.54, 1.807) is 0 Å². The van der Waals surface area contributed by atoms with Gasteiger partial charge in [-0.15, -0.1) is 0 Å². The Bertz CT molecular complexity index is 1340. The van der Waals surface area contributed by atoms with Crippen molar-refractivity contribution in [2.45, 2.75) is 38.0 Å². The van der Waals surface area contributed by atoms with Gasteiger partial charge in [0.25, 0.3) is 5.91 Å². The summed E-state index contributed by atoms with van der Waals surface area (Å²) in [6.07, 6.45) is 4.39. The van der Waals surface area contributed by atoms with E-state index in [1.165, 1.54) is 5.56 Å². The predicted molar refractivity (Wildman–Crippen MR) is 141 cm³/mol. The highest BCUT2D eigenvalue weighted by molar-refractivity contribution is 6.13. The normalized spacial score (nSPS) is 17.7. The lowest BCUT2D eigenvalue weighted by Crippen LogP contribution is -2.16. The summed E-state index contributed by atoms with van der Waals surface area (Å²) in [5.74, 6) is 0.0331. The van der Waals surface area contributed by atoms with E-state index in [4.69, 9.17) is 5.11 Å². The van der Waals surface area contributed by atoms with Crippen molar-refractivity contribution in [2.24, 2.45) is 5.92 Å².